The van der Waals surface area contributed by atoms with Crippen molar-refractivity contribution in [3.8, 4) is 0 Å². The van der Waals surface area contributed by atoms with E-state index < -0.39 is 11.5 Å². The lowest BCUT2D eigenvalue weighted by molar-refractivity contribution is -0.142. The van der Waals surface area contributed by atoms with Gasteiger partial charge in [-0.1, -0.05) is 13.8 Å². The van der Waals surface area contributed by atoms with E-state index in [1.807, 2.05) is 33.7 Å². The number of carboxylic acid groups (broad SMARTS) is 1. The molecule has 0 radical (unpaired) electrons. The lowest BCUT2D eigenvalue weighted by Gasteiger charge is -2.31. The fourth-order valence-corrected chi connectivity index (χ4v) is 4.41. The Hall–Kier alpha value is -3.10. The zero-order valence-electron chi connectivity index (χ0n) is 16.8. The van der Waals surface area contributed by atoms with Gasteiger partial charge in [-0.05, 0) is 43.7 Å². The van der Waals surface area contributed by atoms with Crippen molar-refractivity contribution >= 4 is 29.3 Å². The summed E-state index contributed by atoms with van der Waals surface area (Å²) in [5.41, 5.74) is 0.557. The van der Waals surface area contributed by atoms with E-state index in [4.69, 9.17) is 4.98 Å². The molecule has 0 bridgehead atoms. The van der Waals surface area contributed by atoms with Crippen LogP contribution >= 0.6 is 0 Å². The molecule has 9 heteroatoms. The van der Waals surface area contributed by atoms with E-state index in [2.05, 4.69) is 34.3 Å². The third-order valence-electron chi connectivity index (χ3n) is 5.92. The molecule has 3 aromatic heterocycles. The van der Waals surface area contributed by atoms with Crippen LogP contribution in [-0.2, 0) is 4.79 Å². The van der Waals surface area contributed by atoms with Gasteiger partial charge in [0.2, 0.25) is 11.9 Å². The second-order valence-electron chi connectivity index (χ2n) is 9.20. The summed E-state index contributed by atoms with van der Waals surface area (Å²) >= 11 is 0. The first-order valence-corrected chi connectivity index (χ1v) is 9.94. The van der Waals surface area contributed by atoms with Crippen molar-refractivity contribution in [2.45, 2.75) is 51.5 Å². The highest BCUT2D eigenvalue weighted by molar-refractivity contribution is 5.83. The first-order chi connectivity index (χ1) is 13.7. The zero-order chi connectivity index (χ0) is 20.4. The zero-order valence-corrected chi connectivity index (χ0v) is 16.8. The maximum Gasteiger partial charge on any atom is 0.329 e. The van der Waals surface area contributed by atoms with Gasteiger partial charge in [0, 0.05) is 24.7 Å². The largest absolute Gasteiger partial charge is 0.480 e. The molecular formula is C20H25N7O2. The molecule has 2 aliphatic rings. The van der Waals surface area contributed by atoms with Gasteiger partial charge in [0.05, 0.1) is 5.69 Å². The number of hydrogen-bond donors (Lipinski definition) is 3. The molecule has 3 aromatic rings. The number of aromatic nitrogens is 5. The highest BCUT2D eigenvalue weighted by Gasteiger charge is 2.52. The van der Waals surface area contributed by atoms with Gasteiger partial charge in [0.1, 0.15) is 17.0 Å². The van der Waals surface area contributed by atoms with Crippen molar-refractivity contribution in [1.82, 2.24) is 24.6 Å². The topological polar surface area (TPSA) is 111 Å². The van der Waals surface area contributed by atoms with Gasteiger partial charge in [-0.25, -0.2) is 4.79 Å². The molecular weight excluding hydrogens is 370 g/mol. The molecule has 1 unspecified atom stereocenters. The molecule has 3 N–H and O–H groups in total. The summed E-state index contributed by atoms with van der Waals surface area (Å²) in [6.07, 6.45) is 4.77. The standard InChI is InChI=1S/C20H25N7O2/c1-19(2)10-20(3,16(28)29)27(11-19)18-22-15-5-4-8-26(15)17(23-18)21-14-9-13(24-25-14)12-6-7-12/h4-5,8-9,12H,6-7,10-11H2,1-3H3,(H,28,29)(H2,21,22,23,24,25). The minimum absolute atomic E-state index is 0.152. The van der Waals surface area contributed by atoms with Gasteiger partial charge in [-0.2, -0.15) is 15.1 Å². The lowest BCUT2D eigenvalue weighted by Crippen LogP contribution is -2.49. The van der Waals surface area contributed by atoms with Crippen LogP contribution in [0.4, 0.5) is 17.7 Å². The average molecular weight is 395 g/mol. The second kappa shape index (κ2) is 5.95. The molecule has 0 spiro atoms. The van der Waals surface area contributed by atoms with E-state index in [0.717, 1.165) is 11.5 Å². The molecule has 4 heterocycles. The Kier molecular flexibility index (Phi) is 3.68. The van der Waals surface area contributed by atoms with Crippen LogP contribution in [0.3, 0.4) is 0 Å². The maximum atomic E-state index is 12.1. The summed E-state index contributed by atoms with van der Waals surface area (Å²) in [5, 5.41) is 20.6. The van der Waals surface area contributed by atoms with E-state index >= 15 is 0 Å². The third-order valence-corrected chi connectivity index (χ3v) is 5.92. The smallest absolute Gasteiger partial charge is 0.329 e. The minimum Gasteiger partial charge on any atom is -0.480 e. The van der Waals surface area contributed by atoms with Gasteiger partial charge in [0.25, 0.3) is 0 Å². The summed E-state index contributed by atoms with van der Waals surface area (Å²) in [6, 6.07) is 5.79. The van der Waals surface area contributed by atoms with Crippen molar-refractivity contribution in [3.63, 3.8) is 0 Å². The molecule has 1 aliphatic heterocycles. The molecule has 2 fully saturated rings. The number of aliphatic carboxylic acids is 1. The first-order valence-electron chi connectivity index (χ1n) is 9.94. The molecule has 1 atom stereocenters. The number of carbonyl (C=O) groups is 1. The highest BCUT2D eigenvalue weighted by atomic mass is 16.4. The van der Waals surface area contributed by atoms with Crippen LogP contribution in [0.2, 0.25) is 0 Å². The summed E-state index contributed by atoms with van der Waals surface area (Å²) < 4.78 is 1.85. The van der Waals surface area contributed by atoms with E-state index in [9.17, 15) is 9.90 Å². The quantitative estimate of drug-likeness (QED) is 0.608. The maximum absolute atomic E-state index is 12.1. The summed E-state index contributed by atoms with van der Waals surface area (Å²) in [4.78, 5) is 23.3. The number of nitrogens with zero attached hydrogens (tertiary/aromatic N) is 5. The van der Waals surface area contributed by atoms with Crippen LogP contribution in [0.15, 0.2) is 24.4 Å². The Labute approximate surface area is 168 Å². The molecule has 1 aliphatic carbocycles. The summed E-state index contributed by atoms with van der Waals surface area (Å²) in [6.45, 7) is 6.47. The fraction of sp³-hybridized carbons (Fsp3) is 0.500. The van der Waals surface area contributed by atoms with E-state index in [0.29, 0.717) is 36.4 Å². The normalized spacial score (nSPS) is 23.6. The molecule has 0 aromatic carbocycles. The first kappa shape index (κ1) is 18.0. The van der Waals surface area contributed by atoms with Crippen molar-refractivity contribution in [2.75, 3.05) is 16.8 Å². The van der Waals surface area contributed by atoms with Crippen LogP contribution in [0, 0.1) is 5.41 Å². The molecule has 152 valence electrons. The summed E-state index contributed by atoms with van der Waals surface area (Å²) in [7, 11) is 0. The molecule has 5 rings (SSSR count). The van der Waals surface area contributed by atoms with Gasteiger partial charge in [0.15, 0.2) is 0 Å². The van der Waals surface area contributed by atoms with E-state index in [-0.39, 0.29) is 5.41 Å². The van der Waals surface area contributed by atoms with Crippen LogP contribution in [0.5, 0.6) is 0 Å². The predicted octanol–water partition coefficient (Wildman–Crippen LogP) is 3.15. The Morgan fingerprint density at radius 3 is 2.83 bits per heavy atom. The molecule has 29 heavy (non-hydrogen) atoms. The molecule has 9 nitrogen and oxygen atoms in total. The number of carboxylic acids is 1. The second-order valence-corrected chi connectivity index (χ2v) is 9.20. The predicted molar refractivity (Wildman–Crippen MR) is 109 cm³/mol. The van der Waals surface area contributed by atoms with Crippen molar-refractivity contribution < 1.29 is 9.90 Å². The van der Waals surface area contributed by atoms with Gasteiger partial charge >= 0.3 is 5.97 Å². The fourth-order valence-electron chi connectivity index (χ4n) is 4.41. The SMILES string of the molecule is CC1(C)CN(c2nc(Nc3cc(C4CC4)n[nH]3)n3cccc3n2)C(C)(C(=O)O)C1. The minimum atomic E-state index is -1.06. The number of hydrogen-bond acceptors (Lipinski definition) is 6. The Morgan fingerprint density at radius 1 is 1.31 bits per heavy atom. The van der Waals surface area contributed by atoms with E-state index in [1.165, 1.54) is 12.8 Å². The third kappa shape index (κ3) is 3.01. The number of H-pyrrole nitrogens is 1. The number of fused-ring (bicyclic) bond motifs is 1. The Balaban J connectivity index is 1.55. The number of anilines is 3. The van der Waals surface area contributed by atoms with Crippen LogP contribution in [0.1, 0.15) is 51.6 Å². The monoisotopic (exact) mass is 395 g/mol. The summed E-state index contributed by atoms with van der Waals surface area (Å²) in [5.74, 6) is 1.43. The van der Waals surface area contributed by atoms with Crippen LogP contribution in [0.25, 0.3) is 5.65 Å². The van der Waals surface area contributed by atoms with Crippen molar-refractivity contribution in [3.05, 3.63) is 30.1 Å². The van der Waals surface area contributed by atoms with Gasteiger partial charge < -0.3 is 15.3 Å². The molecule has 1 saturated carbocycles. The van der Waals surface area contributed by atoms with Gasteiger partial charge in [-0.3, -0.25) is 9.50 Å². The van der Waals surface area contributed by atoms with Crippen molar-refractivity contribution in [1.29, 1.82) is 0 Å². The van der Waals surface area contributed by atoms with Crippen LogP contribution < -0.4 is 10.2 Å². The van der Waals surface area contributed by atoms with E-state index in [1.54, 1.807) is 6.92 Å². The van der Waals surface area contributed by atoms with Gasteiger partial charge in [-0.15, -0.1) is 0 Å². The highest BCUT2D eigenvalue weighted by Crippen LogP contribution is 2.43. The number of aromatic amines is 1. The molecule has 1 saturated heterocycles. The lowest BCUT2D eigenvalue weighted by atomic mass is 9.85. The van der Waals surface area contributed by atoms with Crippen LogP contribution in [-0.4, -0.2) is 47.7 Å². The average Bonchev–Trinajstić information content (AvgIpc) is 3.09. The number of rotatable bonds is 5. The number of nitrogens with one attached hydrogen (secondary N) is 2. The van der Waals surface area contributed by atoms with Crippen molar-refractivity contribution in [2.24, 2.45) is 5.41 Å². The molecule has 0 amide bonds. The Morgan fingerprint density at radius 2 is 2.10 bits per heavy atom. The Bertz CT molecular complexity index is 1100.